The van der Waals surface area contributed by atoms with E-state index in [0.717, 1.165) is 16.8 Å². The van der Waals surface area contributed by atoms with Crippen LogP contribution >= 0.6 is 27.3 Å². The molecule has 2 aromatic heterocycles. The Morgan fingerprint density at radius 1 is 1.58 bits per heavy atom. The summed E-state index contributed by atoms with van der Waals surface area (Å²) in [5.41, 5.74) is 0. The van der Waals surface area contributed by atoms with Crippen LogP contribution in [0.25, 0.3) is 0 Å². The second-order valence-electron chi connectivity index (χ2n) is 4.06. The van der Waals surface area contributed by atoms with E-state index in [1.54, 1.807) is 18.4 Å². The van der Waals surface area contributed by atoms with Gasteiger partial charge in [-0.15, -0.1) is 16.4 Å². The van der Waals surface area contributed by atoms with E-state index in [1.165, 1.54) is 4.88 Å². The average molecular weight is 346 g/mol. The zero-order valence-corrected chi connectivity index (χ0v) is 13.2. The maximum atomic E-state index is 5.02. The van der Waals surface area contributed by atoms with Gasteiger partial charge in [0.05, 0.1) is 19.2 Å². The lowest BCUT2D eigenvalue weighted by atomic mass is 10.3. The molecule has 1 unspecified atom stereocenters. The molecule has 0 aliphatic heterocycles. The second-order valence-corrected chi connectivity index (χ2v) is 5.91. The highest BCUT2D eigenvalue weighted by Gasteiger charge is 2.15. The summed E-state index contributed by atoms with van der Waals surface area (Å²) in [5.74, 6) is 0.830. The van der Waals surface area contributed by atoms with Crippen LogP contribution in [0.5, 0.6) is 0 Å². The first-order valence-corrected chi connectivity index (χ1v) is 7.60. The Morgan fingerprint density at radius 2 is 2.42 bits per heavy atom. The Balaban J connectivity index is 2.03. The number of nitrogens with one attached hydrogen (secondary N) is 1. The molecular formula is C11H16BrN5OS. The molecule has 2 heterocycles. The van der Waals surface area contributed by atoms with E-state index in [-0.39, 0.29) is 6.04 Å². The Hall–Kier alpha value is -0.830. The van der Waals surface area contributed by atoms with Crippen molar-refractivity contribution in [2.24, 2.45) is 0 Å². The van der Waals surface area contributed by atoms with E-state index < -0.39 is 0 Å². The molecule has 1 N–H and O–H groups in total. The van der Waals surface area contributed by atoms with Crippen LogP contribution < -0.4 is 5.32 Å². The van der Waals surface area contributed by atoms with Crippen molar-refractivity contribution in [1.82, 2.24) is 25.5 Å². The fourth-order valence-electron chi connectivity index (χ4n) is 1.68. The highest BCUT2D eigenvalue weighted by atomic mass is 79.9. The lowest BCUT2D eigenvalue weighted by Crippen LogP contribution is -2.25. The zero-order valence-electron chi connectivity index (χ0n) is 10.8. The Bertz CT molecular complexity index is 515. The van der Waals surface area contributed by atoms with Gasteiger partial charge < -0.3 is 10.1 Å². The monoisotopic (exact) mass is 345 g/mol. The number of thiophene rings is 1. The normalized spacial score (nSPS) is 12.8. The molecule has 0 aliphatic carbocycles. The number of hydrogen-bond acceptors (Lipinski definition) is 6. The van der Waals surface area contributed by atoms with Gasteiger partial charge in [-0.3, -0.25) is 0 Å². The van der Waals surface area contributed by atoms with Gasteiger partial charge in [0.25, 0.3) is 0 Å². The number of rotatable bonds is 7. The maximum absolute atomic E-state index is 5.02. The minimum absolute atomic E-state index is 0.0869. The molecule has 0 fully saturated rings. The molecule has 0 aliphatic rings. The topological polar surface area (TPSA) is 64.9 Å². The number of methoxy groups -OCH3 is 1. The van der Waals surface area contributed by atoms with E-state index in [9.17, 15) is 0 Å². The molecule has 2 aromatic rings. The number of aromatic nitrogens is 4. The van der Waals surface area contributed by atoms with Crippen LogP contribution in [0.1, 0.15) is 23.7 Å². The van der Waals surface area contributed by atoms with E-state index in [4.69, 9.17) is 4.74 Å². The highest BCUT2D eigenvalue weighted by molar-refractivity contribution is 9.10. The van der Waals surface area contributed by atoms with Crippen LogP contribution in [0.2, 0.25) is 0 Å². The van der Waals surface area contributed by atoms with Crippen molar-refractivity contribution >= 4 is 27.3 Å². The molecule has 19 heavy (non-hydrogen) atoms. The fourth-order valence-corrected chi connectivity index (χ4v) is 3.14. The van der Waals surface area contributed by atoms with Gasteiger partial charge in [0.1, 0.15) is 0 Å². The summed E-state index contributed by atoms with van der Waals surface area (Å²) in [4.78, 5) is 1.21. The number of halogens is 1. The van der Waals surface area contributed by atoms with Gasteiger partial charge in [-0.2, -0.15) is 0 Å². The maximum Gasteiger partial charge on any atom is 0.168 e. The van der Waals surface area contributed by atoms with Gasteiger partial charge in [-0.25, -0.2) is 4.68 Å². The fraction of sp³-hybridized carbons (Fsp3) is 0.545. The summed E-state index contributed by atoms with van der Waals surface area (Å²) in [7, 11) is 1.69. The summed E-state index contributed by atoms with van der Waals surface area (Å²) in [6.45, 7) is 4.16. The Labute approximate surface area is 124 Å². The molecule has 1 atom stereocenters. The molecule has 2 rings (SSSR count). The summed E-state index contributed by atoms with van der Waals surface area (Å²) in [5, 5.41) is 17.3. The number of nitrogens with zero attached hydrogens (tertiary/aromatic N) is 4. The van der Waals surface area contributed by atoms with Crippen LogP contribution in [-0.2, 0) is 11.3 Å². The molecule has 0 radical (unpaired) electrons. The van der Waals surface area contributed by atoms with Crippen LogP contribution in [0.15, 0.2) is 15.9 Å². The van der Waals surface area contributed by atoms with E-state index >= 15 is 0 Å². The molecule has 104 valence electrons. The first kappa shape index (κ1) is 14.6. The summed E-state index contributed by atoms with van der Waals surface area (Å²) in [6.07, 6.45) is 0. The van der Waals surface area contributed by atoms with Crippen molar-refractivity contribution in [2.75, 3.05) is 20.3 Å². The Morgan fingerprint density at radius 3 is 3.11 bits per heavy atom. The average Bonchev–Trinajstić information content (AvgIpc) is 3.00. The molecule has 0 bridgehead atoms. The van der Waals surface area contributed by atoms with E-state index in [0.29, 0.717) is 13.2 Å². The third-order valence-electron chi connectivity index (χ3n) is 2.69. The van der Waals surface area contributed by atoms with Crippen LogP contribution in [0.4, 0.5) is 0 Å². The molecule has 0 spiro atoms. The summed E-state index contributed by atoms with van der Waals surface area (Å²) < 4.78 is 7.93. The number of tetrazole rings is 1. The Kier molecular flexibility index (Phi) is 5.44. The van der Waals surface area contributed by atoms with Crippen molar-refractivity contribution in [2.45, 2.75) is 19.5 Å². The molecule has 6 nitrogen and oxygen atoms in total. The predicted octanol–water partition coefficient (Wildman–Crippen LogP) is 1.84. The van der Waals surface area contributed by atoms with Crippen molar-refractivity contribution in [3.63, 3.8) is 0 Å². The molecule has 0 saturated carbocycles. The van der Waals surface area contributed by atoms with Crippen molar-refractivity contribution in [3.05, 3.63) is 26.6 Å². The standard InChI is InChI=1S/C11H16BrN5OS/c1-8(13-4-5-18-2)11-14-15-16-17(11)7-10-9(12)3-6-19-10/h3,6,8,13H,4-5,7H2,1-2H3. The van der Waals surface area contributed by atoms with Crippen LogP contribution in [0.3, 0.4) is 0 Å². The van der Waals surface area contributed by atoms with Gasteiger partial charge in [-0.1, -0.05) is 0 Å². The first-order chi connectivity index (χ1) is 9.22. The largest absolute Gasteiger partial charge is 0.383 e. The lowest BCUT2D eigenvalue weighted by Gasteiger charge is -2.12. The lowest BCUT2D eigenvalue weighted by molar-refractivity contribution is 0.196. The molecular weight excluding hydrogens is 330 g/mol. The first-order valence-electron chi connectivity index (χ1n) is 5.92. The summed E-state index contributed by atoms with van der Waals surface area (Å²) in [6, 6.07) is 2.12. The molecule has 8 heteroatoms. The predicted molar refractivity (Wildman–Crippen MR) is 77.2 cm³/mol. The molecule has 0 amide bonds. The van der Waals surface area contributed by atoms with E-state index in [1.807, 2.05) is 23.1 Å². The van der Waals surface area contributed by atoms with Gasteiger partial charge in [-0.05, 0) is 44.7 Å². The minimum Gasteiger partial charge on any atom is -0.383 e. The van der Waals surface area contributed by atoms with Crippen molar-refractivity contribution in [1.29, 1.82) is 0 Å². The van der Waals surface area contributed by atoms with Crippen molar-refractivity contribution in [3.8, 4) is 0 Å². The van der Waals surface area contributed by atoms with Crippen molar-refractivity contribution < 1.29 is 4.74 Å². The second kappa shape index (κ2) is 7.09. The van der Waals surface area contributed by atoms with Gasteiger partial charge in [0.2, 0.25) is 0 Å². The molecule has 0 saturated heterocycles. The number of ether oxygens (including phenoxy) is 1. The number of hydrogen-bond donors (Lipinski definition) is 1. The SMILES string of the molecule is COCCNC(C)c1nnnn1Cc1sccc1Br. The van der Waals surface area contributed by atoms with Crippen LogP contribution in [-0.4, -0.2) is 40.5 Å². The quantitative estimate of drug-likeness (QED) is 0.775. The van der Waals surface area contributed by atoms with Gasteiger partial charge in [0, 0.05) is 23.0 Å². The van der Waals surface area contributed by atoms with Gasteiger partial charge in [0.15, 0.2) is 5.82 Å². The van der Waals surface area contributed by atoms with Crippen LogP contribution in [0, 0.1) is 0 Å². The van der Waals surface area contributed by atoms with Gasteiger partial charge >= 0.3 is 0 Å². The third kappa shape index (κ3) is 3.82. The smallest absolute Gasteiger partial charge is 0.168 e. The molecule has 0 aromatic carbocycles. The van der Waals surface area contributed by atoms with E-state index in [2.05, 4.69) is 36.8 Å². The third-order valence-corrected chi connectivity index (χ3v) is 4.60. The minimum atomic E-state index is 0.0869. The highest BCUT2D eigenvalue weighted by Crippen LogP contribution is 2.24. The summed E-state index contributed by atoms with van der Waals surface area (Å²) >= 11 is 5.21. The zero-order chi connectivity index (χ0) is 13.7.